The Morgan fingerprint density at radius 3 is 3.06 bits per heavy atom. The van der Waals surface area contributed by atoms with Gasteiger partial charge in [0.25, 0.3) is 0 Å². The summed E-state index contributed by atoms with van der Waals surface area (Å²) in [6, 6.07) is 0. The van der Waals surface area contributed by atoms with Crippen molar-refractivity contribution in [2.75, 3.05) is 0 Å². The van der Waals surface area contributed by atoms with E-state index < -0.39 is 5.60 Å². The molecule has 0 aromatic carbocycles. The standard InChI is InChI=1S/C14H24N2O/c1-3-9-16-11-13(10-15-16)14(17)7-4-5-12(2)6-8-14/h10-12,17H,3-9H2,1-2H3. The van der Waals surface area contributed by atoms with Crippen molar-refractivity contribution in [3.8, 4) is 0 Å². The molecular formula is C14H24N2O. The van der Waals surface area contributed by atoms with Gasteiger partial charge in [0.1, 0.15) is 0 Å². The third-order valence-corrected chi connectivity index (χ3v) is 3.96. The lowest BCUT2D eigenvalue weighted by atomic mass is 9.88. The number of nitrogens with zero attached hydrogens (tertiary/aromatic N) is 2. The minimum Gasteiger partial charge on any atom is -0.385 e. The molecule has 2 rings (SSSR count). The van der Waals surface area contributed by atoms with Crippen molar-refractivity contribution in [2.45, 2.75) is 64.5 Å². The van der Waals surface area contributed by atoms with E-state index in [0.717, 1.165) is 50.1 Å². The summed E-state index contributed by atoms with van der Waals surface area (Å²) in [5.41, 5.74) is 0.386. The quantitative estimate of drug-likeness (QED) is 0.819. The van der Waals surface area contributed by atoms with Crippen molar-refractivity contribution < 1.29 is 5.11 Å². The van der Waals surface area contributed by atoms with Crippen molar-refractivity contribution in [3.05, 3.63) is 18.0 Å². The van der Waals surface area contributed by atoms with Crippen LogP contribution in [0.3, 0.4) is 0 Å². The Balaban J connectivity index is 2.12. The molecule has 1 aliphatic rings. The summed E-state index contributed by atoms with van der Waals surface area (Å²) in [4.78, 5) is 0. The van der Waals surface area contributed by atoms with Crippen LogP contribution in [0.1, 0.15) is 57.9 Å². The van der Waals surface area contributed by atoms with Crippen molar-refractivity contribution in [1.82, 2.24) is 9.78 Å². The van der Waals surface area contributed by atoms with Gasteiger partial charge in [0.15, 0.2) is 0 Å². The predicted octanol–water partition coefficient (Wildman–Crippen LogP) is 3.08. The molecule has 1 aromatic rings. The van der Waals surface area contributed by atoms with Crippen LogP contribution in [0.4, 0.5) is 0 Å². The highest BCUT2D eigenvalue weighted by Gasteiger charge is 2.32. The molecule has 1 aliphatic carbocycles. The summed E-state index contributed by atoms with van der Waals surface area (Å²) in [5, 5.41) is 15.1. The molecule has 0 aliphatic heterocycles. The van der Waals surface area contributed by atoms with E-state index in [1.807, 2.05) is 17.1 Å². The fourth-order valence-corrected chi connectivity index (χ4v) is 2.74. The number of hydrogen-bond donors (Lipinski definition) is 1. The summed E-state index contributed by atoms with van der Waals surface area (Å²) in [6.07, 6.45) is 10.2. The monoisotopic (exact) mass is 236 g/mol. The first-order chi connectivity index (χ1) is 8.14. The number of aliphatic hydroxyl groups is 1. The first-order valence-corrected chi connectivity index (χ1v) is 6.89. The van der Waals surface area contributed by atoms with Crippen molar-refractivity contribution in [3.63, 3.8) is 0 Å². The molecule has 0 saturated heterocycles. The van der Waals surface area contributed by atoms with Gasteiger partial charge < -0.3 is 5.11 Å². The Morgan fingerprint density at radius 1 is 1.47 bits per heavy atom. The Morgan fingerprint density at radius 2 is 2.29 bits per heavy atom. The maximum absolute atomic E-state index is 10.8. The van der Waals surface area contributed by atoms with Crippen LogP contribution < -0.4 is 0 Å². The summed E-state index contributed by atoms with van der Waals surface area (Å²) in [6.45, 7) is 5.36. The minimum absolute atomic E-state index is 0.628. The van der Waals surface area contributed by atoms with Gasteiger partial charge in [0.05, 0.1) is 11.8 Å². The predicted molar refractivity (Wildman–Crippen MR) is 68.7 cm³/mol. The molecule has 96 valence electrons. The second-order valence-corrected chi connectivity index (χ2v) is 5.56. The third-order valence-electron chi connectivity index (χ3n) is 3.96. The van der Waals surface area contributed by atoms with Gasteiger partial charge in [0.2, 0.25) is 0 Å². The maximum atomic E-state index is 10.8. The Labute approximate surface area is 104 Å². The first kappa shape index (κ1) is 12.6. The number of aromatic nitrogens is 2. The summed E-state index contributed by atoms with van der Waals surface area (Å²) in [5.74, 6) is 0.745. The largest absolute Gasteiger partial charge is 0.385 e. The maximum Gasteiger partial charge on any atom is 0.0927 e. The highest BCUT2D eigenvalue weighted by Crippen LogP contribution is 2.37. The van der Waals surface area contributed by atoms with Crippen LogP contribution in [0.2, 0.25) is 0 Å². The van der Waals surface area contributed by atoms with Crippen LogP contribution in [0.15, 0.2) is 12.4 Å². The average Bonchev–Trinajstić information content (AvgIpc) is 2.69. The van der Waals surface area contributed by atoms with E-state index in [-0.39, 0.29) is 0 Å². The highest BCUT2D eigenvalue weighted by molar-refractivity contribution is 5.15. The van der Waals surface area contributed by atoms with E-state index in [4.69, 9.17) is 0 Å². The van der Waals surface area contributed by atoms with Gasteiger partial charge in [-0.3, -0.25) is 4.68 Å². The molecule has 1 fully saturated rings. The first-order valence-electron chi connectivity index (χ1n) is 6.89. The third kappa shape index (κ3) is 2.89. The molecule has 2 unspecified atom stereocenters. The lowest BCUT2D eigenvalue weighted by Crippen LogP contribution is -2.24. The average molecular weight is 236 g/mol. The topological polar surface area (TPSA) is 38.0 Å². The molecule has 0 bridgehead atoms. The smallest absolute Gasteiger partial charge is 0.0927 e. The van der Waals surface area contributed by atoms with E-state index in [2.05, 4.69) is 18.9 Å². The molecule has 3 heteroatoms. The number of rotatable bonds is 3. The second-order valence-electron chi connectivity index (χ2n) is 5.56. The van der Waals surface area contributed by atoms with Crippen LogP contribution >= 0.6 is 0 Å². The van der Waals surface area contributed by atoms with E-state index in [1.165, 1.54) is 6.42 Å². The fourth-order valence-electron chi connectivity index (χ4n) is 2.74. The van der Waals surface area contributed by atoms with Gasteiger partial charge in [-0.15, -0.1) is 0 Å². The SMILES string of the molecule is CCCn1cc(C2(O)CCCC(C)CC2)cn1. The van der Waals surface area contributed by atoms with Crippen LogP contribution in [0.5, 0.6) is 0 Å². The van der Waals surface area contributed by atoms with Crippen molar-refractivity contribution >= 4 is 0 Å². The zero-order valence-electron chi connectivity index (χ0n) is 11.0. The van der Waals surface area contributed by atoms with Gasteiger partial charge in [-0.2, -0.15) is 5.10 Å². The summed E-state index contributed by atoms with van der Waals surface area (Å²) in [7, 11) is 0. The normalized spacial score (nSPS) is 30.2. The van der Waals surface area contributed by atoms with E-state index in [1.54, 1.807) is 0 Å². The lowest BCUT2D eigenvalue weighted by molar-refractivity contribution is 0.0197. The van der Waals surface area contributed by atoms with E-state index in [9.17, 15) is 5.11 Å². The second kappa shape index (κ2) is 5.21. The van der Waals surface area contributed by atoms with Crippen molar-refractivity contribution in [1.29, 1.82) is 0 Å². The Hall–Kier alpha value is -0.830. The van der Waals surface area contributed by atoms with Crippen LogP contribution in [0.25, 0.3) is 0 Å². The zero-order chi connectivity index (χ0) is 12.3. The van der Waals surface area contributed by atoms with Crippen molar-refractivity contribution in [2.24, 2.45) is 5.92 Å². The van der Waals surface area contributed by atoms with Gasteiger partial charge in [-0.1, -0.05) is 20.3 Å². The van der Waals surface area contributed by atoms with E-state index in [0.29, 0.717) is 0 Å². The summed E-state index contributed by atoms with van der Waals surface area (Å²) >= 11 is 0. The minimum atomic E-state index is -0.628. The van der Waals surface area contributed by atoms with E-state index >= 15 is 0 Å². The molecule has 2 atom stereocenters. The molecule has 1 N–H and O–H groups in total. The highest BCUT2D eigenvalue weighted by atomic mass is 16.3. The Kier molecular flexibility index (Phi) is 3.87. The van der Waals surface area contributed by atoms with Gasteiger partial charge in [-0.05, 0) is 38.0 Å². The molecule has 17 heavy (non-hydrogen) atoms. The molecule has 0 amide bonds. The zero-order valence-corrected chi connectivity index (χ0v) is 11.0. The molecule has 1 saturated carbocycles. The van der Waals surface area contributed by atoms with Crippen LogP contribution in [-0.2, 0) is 12.1 Å². The molecule has 3 nitrogen and oxygen atoms in total. The molecule has 1 aromatic heterocycles. The fraction of sp³-hybridized carbons (Fsp3) is 0.786. The molecule has 1 heterocycles. The van der Waals surface area contributed by atoms with Gasteiger partial charge in [-0.25, -0.2) is 0 Å². The van der Waals surface area contributed by atoms with Gasteiger partial charge >= 0.3 is 0 Å². The number of hydrogen-bond acceptors (Lipinski definition) is 2. The van der Waals surface area contributed by atoms with Crippen LogP contribution in [0, 0.1) is 5.92 Å². The molecular weight excluding hydrogens is 212 g/mol. The lowest BCUT2D eigenvalue weighted by Gasteiger charge is -2.25. The summed E-state index contributed by atoms with van der Waals surface area (Å²) < 4.78 is 1.95. The molecule has 0 spiro atoms. The van der Waals surface area contributed by atoms with Gasteiger partial charge in [0, 0.05) is 18.3 Å². The molecule has 0 radical (unpaired) electrons. The number of aryl methyl sites for hydroxylation is 1. The Bertz CT molecular complexity index is 361. The van der Waals surface area contributed by atoms with Crippen LogP contribution in [-0.4, -0.2) is 14.9 Å².